The van der Waals surface area contributed by atoms with Crippen LogP contribution >= 0.6 is 15.9 Å². The van der Waals surface area contributed by atoms with Gasteiger partial charge in [-0.3, -0.25) is 9.59 Å². The summed E-state index contributed by atoms with van der Waals surface area (Å²) >= 11 is 3.46. The highest BCUT2D eigenvalue weighted by Gasteiger charge is 2.54. The Morgan fingerprint density at radius 3 is 2.64 bits per heavy atom. The summed E-state index contributed by atoms with van der Waals surface area (Å²) in [6.07, 6.45) is 2.82. The summed E-state index contributed by atoms with van der Waals surface area (Å²) in [4.78, 5) is 25.5. The van der Waals surface area contributed by atoms with Crippen LogP contribution in [0.3, 0.4) is 0 Å². The van der Waals surface area contributed by atoms with Crippen LogP contribution in [0.25, 0.3) is 0 Å². The zero-order chi connectivity index (χ0) is 15.9. The highest BCUT2D eigenvalue weighted by molar-refractivity contribution is 9.10. The molecule has 22 heavy (non-hydrogen) atoms. The van der Waals surface area contributed by atoms with Gasteiger partial charge in [0.1, 0.15) is 5.92 Å². The first kappa shape index (κ1) is 15.7. The summed E-state index contributed by atoms with van der Waals surface area (Å²) in [5.41, 5.74) is 1.06. The van der Waals surface area contributed by atoms with Gasteiger partial charge in [-0.15, -0.1) is 0 Å². The number of hydrogen-bond donors (Lipinski definition) is 2. The van der Waals surface area contributed by atoms with Crippen LogP contribution in [0.2, 0.25) is 0 Å². The highest BCUT2D eigenvalue weighted by atomic mass is 79.9. The van der Waals surface area contributed by atoms with Crippen molar-refractivity contribution in [3.05, 3.63) is 33.8 Å². The number of halogens is 1. The van der Waals surface area contributed by atoms with Crippen molar-refractivity contribution in [3.8, 4) is 0 Å². The Balaban J connectivity index is 1.91. The molecule has 1 saturated heterocycles. The Kier molecular flexibility index (Phi) is 4.12. The molecule has 2 N–H and O–H groups in total. The fourth-order valence-corrected chi connectivity index (χ4v) is 4.13. The van der Waals surface area contributed by atoms with Crippen molar-refractivity contribution in [2.24, 2.45) is 5.92 Å². The first-order valence-corrected chi connectivity index (χ1v) is 8.49. The van der Waals surface area contributed by atoms with E-state index in [-0.39, 0.29) is 24.2 Å². The number of amides is 1. The summed E-state index contributed by atoms with van der Waals surface area (Å²) in [5.74, 6) is -0.682. The van der Waals surface area contributed by atoms with E-state index >= 15 is 0 Å². The molecule has 1 spiro atoms. The Labute approximate surface area is 138 Å². The van der Waals surface area contributed by atoms with E-state index in [2.05, 4.69) is 21.2 Å². The van der Waals surface area contributed by atoms with Crippen LogP contribution in [-0.2, 0) is 9.59 Å². The number of aliphatic hydroxyl groups is 1. The Morgan fingerprint density at radius 2 is 2.00 bits per heavy atom. The lowest BCUT2D eigenvalue weighted by molar-refractivity contribution is -0.126. The Morgan fingerprint density at radius 1 is 1.32 bits per heavy atom. The number of rotatable bonds is 2. The molecule has 1 heterocycles. The van der Waals surface area contributed by atoms with Crippen LogP contribution in [0.4, 0.5) is 0 Å². The molecular formula is C17H20BrNO3. The van der Waals surface area contributed by atoms with Crippen LogP contribution in [0.1, 0.15) is 42.7 Å². The lowest BCUT2D eigenvalue weighted by atomic mass is 9.73. The molecular weight excluding hydrogens is 346 g/mol. The smallest absolute Gasteiger partial charge is 0.236 e. The largest absolute Gasteiger partial charge is 0.396 e. The first-order chi connectivity index (χ1) is 10.5. The van der Waals surface area contributed by atoms with Gasteiger partial charge in [-0.2, -0.15) is 0 Å². The summed E-state index contributed by atoms with van der Waals surface area (Å²) in [6, 6.07) is 5.75. The van der Waals surface area contributed by atoms with Crippen molar-refractivity contribution in [1.29, 1.82) is 0 Å². The SMILES string of the molecule is Cc1ccc(Br)c(C2C(=O)NC3(CCC(CO)CC3)C2=O)c1. The molecule has 1 atom stereocenters. The zero-order valence-electron chi connectivity index (χ0n) is 12.6. The van der Waals surface area contributed by atoms with Gasteiger partial charge in [0.25, 0.3) is 0 Å². The average Bonchev–Trinajstić information content (AvgIpc) is 2.74. The molecule has 0 bridgehead atoms. The second kappa shape index (κ2) is 5.78. The number of carbonyl (C=O) groups is 2. The van der Waals surface area contributed by atoms with Crippen molar-refractivity contribution in [1.82, 2.24) is 5.32 Å². The molecule has 1 unspecified atom stereocenters. The maximum Gasteiger partial charge on any atom is 0.236 e. The molecule has 1 aliphatic heterocycles. The van der Waals surface area contributed by atoms with Crippen LogP contribution in [0.5, 0.6) is 0 Å². The molecule has 118 valence electrons. The molecule has 5 heteroatoms. The van der Waals surface area contributed by atoms with Crippen LogP contribution in [0.15, 0.2) is 22.7 Å². The van der Waals surface area contributed by atoms with E-state index in [0.29, 0.717) is 12.8 Å². The lowest BCUT2D eigenvalue weighted by Crippen LogP contribution is -2.49. The van der Waals surface area contributed by atoms with Crippen molar-refractivity contribution < 1.29 is 14.7 Å². The molecule has 1 aromatic carbocycles. The summed E-state index contributed by atoms with van der Waals surface area (Å²) in [5, 5.41) is 12.2. The standard InChI is InChI=1S/C17H20BrNO3/c1-10-2-3-13(18)12(8-10)14-15(21)17(19-16(14)22)6-4-11(9-20)5-7-17/h2-3,8,11,14,20H,4-7,9H2,1H3,(H,19,22). The molecule has 2 fully saturated rings. The molecule has 2 aliphatic rings. The van der Waals surface area contributed by atoms with Gasteiger partial charge in [0.15, 0.2) is 5.78 Å². The molecule has 1 aliphatic carbocycles. The van der Waals surface area contributed by atoms with E-state index in [1.54, 1.807) is 0 Å². The number of aryl methyl sites for hydroxylation is 1. The van der Waals surface area contributed by atoms with Gasteiger partial charge in [-0.25, -0.2) is 0 Å². The molecule has 1 amide bonds. The number of benzene rings is 1. The van der Waals surface area contributed by atoms with Gasteiger partial charge in [0.05, 0.1) is 5.54 Å². The van der Waals surface area contributed by atoms with Gasteiger partial charge in [0.2, 0.25) is 5.91 Å². The van der Waals surface area contributed by atoms with E-state index in [1.165, 1.54) is 0 Å². The van der Waals surface area contributed by atoms with Crippen molar-refractivity contribution in [2.75, 3.05) is 6.61 Å². The number of Topliss-reactive ketones (excluding diaryl/α,β-unsaturated/α-hetero) is 1. The Bertz CT molecular complexity index is 620. The van der Waals surface area contributed by atoms with E-state index in [0.717, 1.165) is 28.4 Å². The van der Waals surface area contributed by atoms with Gasteiger partial charge in [-0.05, 0) is 50.2 Å². The zero-order valence-corrected chi connectivity index (χ0v) is 14.1. The van der Waals surface area contributed by atoms with Crippen molar-refractivity contribution in [2.45, 2.75) is 44.1 Å². The fourth-order valence-electron chi connectivity index (χ4n) is 3.66. The second-order valence-electron chi connectivity index (χ2n) is 6.52. The van der Waals surface area contributed by atoms with Crippen molar-refractivity contribution >= 4 is 27.6 Å². The average molecular weight is 366 g/mol. The predicted molar refractivity (Wildman–Crippen MR) is 86.5 cm³/mol. The van der Waals surface area contributed by atoms with Gasteiger partial charge >= 0.3 is 0 Å². The van der Waals surface area contributed by atoms with Crippen LogP contribution in [0, 0.1) is 12.8 Å². The molecule has 0 aromatic heterocycles. The quantitative estimate of drug-likeness (QED) is 0.791. The van der Waals surface area contributed by atoms with Gasteiger partial charge < -0.3 is 10.4 Å². The van der Waals surface area contributed by atoms with Crippen LogP contribution in [-0.4, -0.2) is 28.9 Å². The molecule has 4 nitrogen and oxygen atoms in total. The number of carbonyl (C=O) groups excluding carboxylic acids is 2. The first-order valence-electron chi connectivity index (χ1n) is 7.70. The number of aliphatic hydroxyl groups excluding tert-OH is 1. The molecule has 1 saturated carbocycles. The summed E-state index contributed by atoms with van der Waals surface area (Å²) in [6.45, 7) is 2.11. The minimum Gasteiger partial charge on any atom is -0.396 e. The van der Waals surface area contributed by atoms with E-state index in [1.807, 2.05) is 25.1 Å². The summed E-state index contributed by atoms with van der Waals surface area (Å²) in [7, 11) is 0. The lowest BCUT2D eigenvalue weighted by Gasteiger charge is -2.35. The monoisotopic (exact) mass is 365 g/mol. The third kappa shape index (κ3) is 2.50. The minimum atomic E-state index is -0.726. The van der Waals surface area contributed by atoms with E-state index in [4.69, 9.17) is 0 Å². The topological polar surface area (TPSA) is 66.4 Å². The maximum atomic E-state index is 13.0. The van der Waals surface area contributed by atoms with Gasteiger partial charge in [0, 0.05) is 11.1 Å². The van der Waals surface area contributed by atoms with Crippen LogP contribution < -0.4 is 5.32 Å². The predicted octanol–water partition coefficient (Wildman–Crippen LogP) is 2.46. The van der Waals surface area contributed by atoms with E-state index in [9.17, 15) is 14.7 Å². The minimum absolute atomic E-state index is 0.0137. The third-order valence-corrected chi connectivity index (χ3v) is 5.76. The molecule has 1 aromatic rings. The molecule has 3 rings (SSSR count). The normalized spacial score (nSPS) is 31.6. The molecule has 0 radical (unpaired) electrons. The number of ketones is 1. The van der Waals surface area contributed by atoms with E-state index < -0.39 is 11.5 Å². The van der Waals surface area contributed by atoms with Gasteiger partial charge in [-0.1, -0.05) is 33.6 Å². The third-order valence-electron chi connectivity index (χ3n) is 5.04. The maximum absolute atomic E-state index is 13.0. The number of hydrogen-bond acceptors (Lipinski definition) is 3. The Hall–Kier alpha value is -1.20. The number of nitrogens with one attached hydrogen (secondary N) is 1. The fraction of sp³-hybridized carbons (Fsp3) is 0.529. The summed E-state index contributed by atoms with van der Waals surface area (Å²) < 4.78 is 0.799. The van der Waals surface area contributed by atoms with Crippen molar-refractivity contribution in [3.63, 3.8) is 0 Å². The highest BCUT2D eigenvalue weighted by Crippen LogP contribution is 2.42. The second-order valence-corrected chi connectivity index (χ2v) is 7.37.